The van der Waals surface area contributed by atoms with Gasteiger partial charge in [0, 0.05) is 13.0 Å². The summed E-state index contributed by atoms with van der Waals surface area (Å²) in [7, 11) is 2.07. The summed E-state index contributed by atoms with van der Waals surface area (Å²) in [6, 6.07) is 6.65. The molecule has 2 atom stereocenters. The molecular weight excluding hydrogens is 293 g/mol. The molecule has 0 saturated carbocycles. The summed E-state index contributed by atoms with van der Waals surface area (Å²) in [6.07, 6.45) is 2.52. The van der Waals surface area contributed by atoms with Gasteiger partial charge < -0.3 is 0 Å². The molecule has 3 nitrogen and oxygen atoms in total. The molecule has 4 aliphatic heterocycles. The molecule has 4 aliphatic rings. The lowest BCUT2D eigenvalue weighted by Gasteiger charge is -2.46. The van der Waals surface area contributed by atoms with Crippen molar-refractivity contribution in [1.29, 1.82) is 0 Å². The Labute approximate surface area is 129 Å². The number of fused-ring (bicyclic) bond motifs is 2. The predicted octanol–water partition coefficient (Wildman–Crippen LogP) is 3.43. The number of nitrogens with zero attached hydrogens (tertiary/aromatic N) is 3. The molecule has 20 heavy (non-hydrogen) atoms. The van der Waals surface area contributed by atoms with Crippen molar-refractivity contribution >= 4 is 28.9 Å². The fourth-order valence-corrected chi connectivity index (χ4v) is 4.25. The maximum absolute atomic E-state index is 6.19. The second-order valence-electron chi connectivity index (χ2n) is 5.97. The van der Waals surface area contributed by atoms with Crippen LogP contribution in [0.2, 0.25) is 10.0 Å². The summed E-state index contributed by atoms with van der Waals surface area (Å²) in [5.74, 6) is 0.681. The summed E-state index contributed by atoms with van der Waals surface area (Å²) in [4.78, 5) is 2.58. The summed E-state index contributed by atoms with van der Waals surface area (Å²) in [5, 5.41) is 8.18. The SMILES string of the molecule is CN1N=C2C3CCN(CC3)C2C1c1ccc(Cl)c(Cl)c1. The van der Waals surface area contributed by atoms with Gasteiger partial charge in [0.1, 0.15) is 0 Å². The van der Waals surface area contributed by atoms with Crippen LogP contribution in [0.15, 0.2) is 23.3 Å². The molecule has 5 heteroatoms. The zero-order valence-electron chi connectivity index (χ0n) is 11.4. The molecule has 0 spiro atoms. The van der Waals surface area contributed by atoms with Gasteiger partial charge in [-0.25, -0.2) is 0 Å². The molecule has 4 heterocycles. The zero-order chi connectivity index (χ0) is 13.9. The molecule has 3 fully saturated rings. The Morgan fingerprint density at radius 1 is 1.10 bits per heavy atom. The van der Waals surface area contributed by atoms with Crippen molar-refractivity contribution in [2.24, 2.45) is 11.0 Å². The summed E-state index contributed by atoms with van der Waals surface area (Å²) >= 11 is 12.2. The standard InChI is InChI=1S/C15H17Cl2N3/c1-19-14(10-2-3-11(16)12(17)8-10)15-13(18-19)9-4-6-20(15)7-5-9/h2-3,8-9,14-15H,4-7H2,1H3. The second kappa shape index (κ2) is 4.62. The molecular formula is C15H17Cl2N3. The molecule has 5 rings (SSSR count). The Morgan fingerprint density at radius 2 is 1.85 bits per heavy atom. The third-order valence-corrected chi connectivity index (χ3v) is 5.64. The van der Waals surface area contributed by atoms with E-state index in [1.807, 2.05) is 12.1 Å². The molecule has 106 valence electrons. The van der Waals surface area contributed by atoms with Gasteiger partial charge in [-0.15, -0.1) is 0 Å². The molecule has 2 bridgehead atoms. The van der Waals surface area contributed by atoms with Crippen molar-refractivity contribution in [2.45, 2.75) is 24.9 Å². The van der Waals surface area contributed by atoms with E-state index in [9.17, 15) is 0 Å². The van der Waals surface area contributed by atoms with E-state index in [4.69, 9.17) is 28.3 Å². The highest BCUT2D eigenvalue weighted by Crippen LogP contribution is 2.43. The Bertz CT molecular complexity index is 578. The molecule has 1 aromatic carbocycles. The first-order chi connectivity index (χ1) is 9.65. The minimum atomic E-state index is 0.267. The Hall–Kier alpha value is -0.770. The van der Waals surface area contributed by atoms with Crippen molar-refractivity contribution in [1.82, 2.24) is 9.91 Å². The zero-order valence-corrected chi connectivity index (χ0v) is 12.9. The van der Waals surface area contributed by atoms with Gasteiger partial charge in [0.15, 0.2) is 0 Å². The molecule has 0 N–H and O–H groups in total. The van der Waals surface area contributed by atoms with Crippen LogP contribution in [0.1, 0.15) is 24.4 Å². The Balaban J connectivity index is 1.74. The smallest absolute Gasteiger partial charge is 0.0926 e. The molecule has 0 aliphatic carbocycles. The quantitative estimate of drug-likeness (QED) is 0.791. The normalized spacial score (nSPS) is 35.1. The third kappa shape index (κ3) is 1.80. The number of benzene rings is 1. The van der Waals surface area contributed by atoms with E-state index in [1.165, 1.54) is 37.2 Å². The molecule has 3 saturated heterocycles. The van der Waals surface area contributed by atoms with Gasteiger partial charge in [0.25, 0.3) is 0 Å². The van der Waals surface area contributed by atoms with E-state index in [0.717, 1.165) is 0 Å². The van der Waals surface area contributed by atoms with E-state index in [-0.39, 0.29) is 6.04 Å². The summed E-state index contributed by atoms with van der Waals surface area (Å²) < 4.78 is 0. The highest BCUT2D eigenvalue weighted by Gasteiger charge is 2.48. The van der Waals surface area contributed by atoms with Crippen LogP contribution < -0.4 is 0 Å². The van der Waals surface area contributed by atoms with E-state index in [0.29, 0.717) is 22.0 Å². The predicted molar refractivity (Wildman–Crippen MR) is 82.5 cm³/mol. The van der Waals surface area contributed by atoms with Crippen molar-refractivity contribution in [3.8, 4) is 0 Å². The highest BCUT2D eigenvalue weighted by molar-refractivity contribution is 6.42. The molecule has 0 amide bonds. The van der Waals surface area contributed by atoms with Crippen LogP contribution in [0, 0.1) is 5.92 Å². The van der Waals surface area contributed by atoms with Crippen molar-refractivity contribution < 1.29 is 0 Å². The minimum Gasteiger partial charge on any atom is -0.293 e. The van der Waals surface area contributed by atoms with Crippen LogP contribution in [0.5, 0.6) is 0 Å². The fourth-order valence-electron chi connectivity index (χ4n) is 3.95. The van der Waals surface area contributed by atoms with Gasteiger partial charge >= 0.3 is 0 Å². The number of halogens is 2. The summed E-state index contributed by atoms with van der Waals surface area (Å²) in [5.41, 5.74) is 2.58. The average Bonchev–Trinajstić information content (AvgIpc) is 2.82. The van der Waals surface area contributed by atoms with Crippen LogP contribution in [-0.2, 0) is 0 Å². The van der Waals surface area contributed by atoms with Gasteiger partial charge in [0.2, 0.25) is 0 Å². The number of likely N-dealkylation sites (N-methyl/N-ethyl adjacent to an activating group) is 1. The van der Waals surface area contributed by atoms with E-state index >= 15 is 0 Å². The van der Waals surface area contributed by atoms with Crippen molar-refractivity contribution in [3.63, 3.8) is 0 Å². The topological polar surface area (TPSA) is 18.8 Å². The number of hydrazone groups is 1. The lowest BCUT2D eigenvalue weighted by Crippen LogP contribution is -2.56. The van der Waals surface area contributed by atoms with Crippen molar-refractivity contribution in [2.75, 3.05) is 20.1 Å². The number of rotatable bonds is 1. The van der Waals surface area contributed by atoms with Crippen LogP contribution in [0.25, 0.3) is 0 Å². The second-order valence-corrected chi connectivity index (χ2v) is 6.79. The number of hydrogen-bond donors (Lipinski definition) is 0. The van der Waals surface area contributed by atoms with Gasteiger partial charge in [-0.2, -0.15) is 5.10 Å². The first-order valence-corrected chi connectivity index (χ1v) is 7.91. The molecule has 1 aromatic rings. The van der Waals surface area contributed by atoms with Crippen LogP contribution in [0.3, 0.4) is 0 Å². The van der Waals surface area contributed by atoms with Gasteiger partial charge in [0.05, 0.1) is 27.8 Å². The monoisotopic (exact) mass is 309 g/mol. The average molecular weight is 310 g/mol. The van der Waals surface area contributed by atoms with Crippen molar-refractivity contribution in [3.05, 3.63) is 33.8 Å². The minimum absolute atomic E-state index is 0.267. The lowest BCUT2D eigenvalue weighted by molar-refractivity contribution is 0.107. The van der Waals surface area contributed by atoms with E-state index in [1.54, 1.807) is 0 Å². The maximum Gasteiger partial charge on any atom is 0.0926 e. The fraction of sp³-hybridized carbons (Fsp3) is 0.533. The van der Waals surface area contributed by atoms with Crippen LogP contribution in [-0.4, -0.2) is 41.8 Å². The molecule has 0 radical (unpaired) electrons. The van der Waals surface area contributed by atoms with E-state index < -0.39 is 0 Å². The number of piperidine rings is 3. The third-order valence-electron chi connectivity index (χ3n) is 4.90. The Morgan fingerprint density at radius 3 is 2.55 bits per heavy atom. The van der Waals surface area contributed by atoms with Gasteiger partial charge in [-0.05, 0) is 43.6 Å². The van der Waals surface area contributed by atoms with Gasteiger partial charge in [-0.1, -0.05) is 29.3 Å². The first kappa shape index (κ1) is 12.9. The van der Waals surface area contributed by atoms with Gasteiger partial charge in [-0.3, -0.25) is 9.91 Å². The molecule has 0 aromatic heterocycles. The number of hydrogen-bond acceptors (Lipinski definition) is 3. The largest absolute Gasteiger partial charge is 0.293 e. The first-order valence-electron chi connectivity index (χ1n) is 7.15. The summed E-state index contributed by atoms with van der Waals surface area (Å²) in [6.45, 7) is 2.39. The Kier molecular flexibility index (Phi) is 2.99. The van der Waals surface area contributed by atoms with Crippen LogP contribution in [0.4, 0.5) is 0 Å². The molecule has 2 unspecified atom stereocenters. The highest BCUT2D eigenvalue weighted by atomic mass is 35.5. The lowest BCUT2D eigenvalue weighted by atomic mass is 9.78. The van der Waals surface area contributed by atoms with E-state index in [2.05, 4.69) is 23.0 Å². The maximum atomic E-state index is 6.19. The van der Waals surface area contributed by atoms with Crippen LogP contribution >= 0.6 is 23.2 Å².